The minimum Gasteiger partial charge on any atom is -0.507 e. The van der Waals surface area contributed by atoms with E-state index in [1.807, 2.05) is 50.8 Å². The van der Waals surface area contributed by atoms with Gasteiger partial charge in [0.1, 0.15) is 17.1 Å². The van der Waals surface area contributed by atoms with Crippen molar-refractivity contribution in [2.45, 2.75) is 103 Å². The normalized spacial score (nSPS) is 22.6. The average molecular weight is 752 g/mol. The zero-order valence-corrected chi connectivity index (χ0v) is 34.1. The lowest BCUT2D eigenvalue weighted by Crippen LogP contribution is -2.68. The van der Waals surface area contributed by atoms with Crippen molar-refractivity contribution in [3.63, 3.8) is 0 Å². The Labute approximate surface area is 315 Å². The van der Waals surface area contributed by atoms with Gasteiger partial charge in [0.25, 0.3) is 5.88 Å². The molecule has 1 saturated carbocycles. The van der Waals surface area contributed by atoms with Gasteiger partial charge in [0, 0.05) is 36.2 Å². The number of carbonyl (C=O) groups excluding carboxylic acids is 2. The van der Waals surface area contributed by atoms with Crippen molar-refractivity contribution in [2.75, 3.05) is 45.3 Å². The largest absolute Gasteiger partial charge is 0.507 e. The van der Waals surface area contributed by atoms with Crippen LogP contribution in [0.3, 0.4) is 0 Å². The Morgan fingerprint density at radius 1 is 1.06 bits per heavy atom. The van der Waals surface area contributed by atoms with E-state index in [2.05, 4.69) is 39.1 Å². The topological polar surface area (TPSA) is 115 Å². The highest BCUT2D eigenvalue weighted by Gasteiger charge is 2.69. The number of aliphatic hydroxyl groups is 1. The minimum absolute atomic E-state index is 0.0342. The molecule has 4 atom stereocenters. The highest BCUT2D eigenvalue weighted by atomic mass is 28.4. The first-order valence-electron chi connectivity index (χ1n) is 19.0. The van der Waals surface area contributed by atoms with Gasteiger partial charge in [-0.1, -0.05) is 59.6 Å². The molecule has 1 aromatic carbocycles. The van der Waals surface area contributed by atoms with Crippen LogP contribution in [0.25, 0.3) is 5.76 Å². The monoisotopic (exact) mass is 751 g/mol. The Morgan fingerprint density at radius 2 is 1.68 bits per heavy atom. The number of unbranched alkanes of at least 4 members (excludes halogenated alkanes) is 2. The highest BCUT2D eigenvalue weighted by Crippen LogP contribution is 2.59. The number of rotatable bonds is 16. The van der Waals surface area contributed by atoms with Gasteiger partial charge in [-0.05, 0) is 69.0 Å². The number of ether oxygens (including phenoxy) is 2. The summed E-state index contributed by atoms with van der Waals surface area (Å²) in [4.78, 5) is 34.8. The Balaban J connectivity index is 1.81. The lowest BCUT2D eigenvalue weighted by atomic mass is 9.57. The lowest BCUT2D eigenvalue weighted by molar-refractivity contribution is -0.140. The van der Waals surface area contributed by atoms with E-state index >= 15 is 14.0 Å². The summed E-state index contributed by atoms with van der Waals surface area (Å²) in [6.45, 7) is 23.4. The summed E-state index contributed by atoms with van der Waals surface area (Å²) in [6.07, 6.45) is 6.95. The van der Waals surface area contributed by atoms with E-state index in [0.717, 1.165) is 25.7 Å². The molecule has 3 aliphatic carbocycles. The summed E-state index contributed by atoms with van der Waals surface area (Å²) in [5, 5.41) is 16.3. The third-order valence-corrected chi connectivity index (χ3v) is 16.0. The second-order valence-corrected chi connectivity index (χ2v) is 21.1. The molecule has 10 nitrogen and oxygen atoms in total. The minimum atomic E-state index is -2.91. The number of hydrogen-bond donors (Lipinski definition) is 1. The fourth-order valence-corrected chi connectivity index (χ4v) is 9.27. The van der Waals surface area contributed by atoms with Gasteiger partial charge in [-0.15, -0.1) is 13.2 Å². The molecule has 2 aromatic rings. The fourth-order valence-electron chi connectivity index (χ4n) is 7.82. The number of carbonyl (C=O) groups is 2. The molecule has 0 aliphatic heterocycles. The van der Waals surface area contributed by atoms with Crippen molar-refractivity contribution in [1.82, 2.24) is 10.1 Å². The summed E-state index contributed by atoms with van der Waals surface area (Å²) in [6, 6.07) is 0.832. The van der Waals surface area contributed by atoms with Crippen molar-refractivity contribution < 1.29 is 37.5 Å². The first-order chi connectivity index (χ1) is 25.0. The van der Waals surface area contributed by atoms with E-state index < -0.39 is 49.2 Å². The maximum absolute atomic E-state index is 16.5. The van der Waals surface area contributed by atoms with Gasteiger partial charge in [0.05, 0.1) is 30.5 Å². The quantitative estimate of drug-likeness (QED) is 0.0774. The van der Waals surface area contributed by atoms with Crippen LogP contribution in [0.1, 0.15) is 100 Å². The molecule has 1 aromatic heterocycles. The second kappa shape index (κ2) is 15.5. The number of ketones is 2. The molecule has 0 amide bonds. The molecule has 5 rings (SSSR count). The van der Waals surface area contributed by atoms with Crippen molar-refractivity contribution in [3.05, 3.63) is 65.2 Å². The number of fused-ring (bicyclic) bond motifs is 4. The number of anilines is 1. The summed E-state index contributed by atoms with van der Waals surface area (Å²) in [5.74, 6) is -2.81. The van der Waals surface area contributed by atoms with Crippen LogP contribution in [-0.2, 0) is 15.6 Å². The second-order valence-electron chi connectivity index (χ2n) is 16.3. The standard InChI is InChI=1S/C41H58FN3O7Si/c1-12-16-20-49-35-29(45(18-14-3)19-15-4)24-28(42)26-22-25-23-27-33(44(8)9)36-32(39(43-51-36)50-21-17-13-2)38(48)41(27,52-53(10,11)40(5,6)7)37(47)30(25)34(46)31(26)35/h14-15,24-25,27,33,46H,3-4,12-13,16-23H2,1-2,5-11H3/t25-,27-,33-,41-/m0/s1. The summed E-state index contributed by atoms with van der Waals surface area (Å²) >= 11 is 0. The Kier molecular flexibility index (Phi) is 11.9. The third kappa shape index (κ3) is 6.91. The summed E-state index contributed by atoms with van der Waals surface area (Å²) < 4.78 is 42.0. The molecule has 1 N–H and O–H groups in total. The maximum Gasteiger partial charge on any atom is 0.265 e. The molecular formula is C41H58FN3O7Si. The van der Waals surface area contributed by atoms with E-state index in [9.17, 15) is 5.11 Å². The SMILES string of the molecule is C=CCN(CC=C)c1cc(F)c2c(c1OCCCC)C(O)=C1C(=O)[C@]3(O[Si](C)(C)C(C)(C)C)C(=O)c4c(OCCCC)noc4[C@@H](N(C)C)[C@@H]3C[C@@H]1C2. The molecule has 0 unspecified atom stereocenters. The zero-order valence-electron chi connectivity index (χ0n) is 33.1. The number of aliphatic hydroxyl groups excluding tert-OH is 1. The van der Waals surface area contributed by atoms with Gasteiger partial charge in [-0.25, -0.2) is 4.39 Å². The molecule has 53 heavy (non-hydrogen) atoms. The summed E-state index contributed by atoms with van der Waals surface area (Å²) in [5.41, 5.74) is -1.06. The first kappa shape index (κ1) is 40.4. The number of aromatic nitrogens is 1. The Hall–Kier alpha value is -3.74. The van der Waals surface area contributed by atoms with E-state index in [1.54, 1.807) is 12.2 Å². The molecule has 3 aliphatic rings. The number of benzene rings is 1. The average Bonchev–Trinajstić information content (AvgIpc) is 3.49. The van der Waals surface area contributed by atoms with Crippen LogP contribution in [0.15, 0.2) is 41.5 Å². The van der Waals surface area contributed by atoms with Gasteiger partial charge in [-0.2, -0.15) is 0 Å². The predicted molar refractivity (Wildman–Crippen MR) is 208 cm³/mol. The molecule has 0 spiro atoms. The lowest BCUT2D eigenvalue weighted by Gasteiger charge is -2.55. The van der Waals surface area contributed by atoms with Gasteiger partial charge in [0.2, 0.25) is 11.6 Å². The molecule has 1 fully saturated rings. The van der Waals surface area contributed by atoms with E-state index in [-0.39, 0.29) is 57.5 Å². The number of Topliss-reactive ketones (excluding diaryl/α,β-unsaturated/α-hetero) is 2. The van der Waals surface area contributed by atoms with Crippen molar-refractivity contribution >= 4 is 31.3 Å². The Morgan fingerprint density at radius 3 is 2.25 bits per heavy atom. The number of halogens is 1. The van der Waals surface area contributed by atoms with E-state index in [0.29, 0.717) is 37.8 Å². The highest BCUT2D eigenvalue weighted by molar-refractivity contribution is 6.74. The van der Waals surface area contributed by atoms with Crippen molar-refractivity contribution in [1.29, 1.82) is 0 Å². The van der Waals surface area contributed by atoms with E-state index in [4.69, 9.17) is 18.4 Å². The van der Waals surface area contributed by atoms with Gasteiger partial charge in [0.15, 0.2) is 25.4 Å². The van der Waals surface area contributed by atoms with Gasteiger partial charge >= 0.3 is 0 Å². The summed E-state index contributed by atoms with van der Waals surface area (Å²) in [7, 11) is 0.823. The van der Waals surface area contributed by atoms with Crippen LogP contribution >= 0.6 is 0 Å². The van der Waals surface area contributed by atoms with Crippen molar-refractivity contribution in [3.8, 4) is 11.6 Å². The third-order valence-electron chi connectivity index (χ3n) is 11.5. The predicted octanol–water partition coefficient (Wildman–Crippen LogP) is 8.64. The Bertz CT molecular complexity index is 1770. The molecular weight excluding hydrogens is 694 g/mol. The molecule has 1 heterocycles. The van der Waals surface area contributed by atoms with E-state index in [1.165, 1.54) is 6.07 Å². The van der Waals surface area contributed by atoms with Crippen LogP contribution < -0.4 is 14.4 Å². The number of hydrogen-bond acceptors (Lipinski definition) is 10. The molecule has 0 saturated heterocycles. The smallest absolute Gasteiger partial charge is 0.265 e. The van der Waals surface area contributed by atoms with Crippen LogP contribution in [0.2, 0.25) is 18.1 Å². The van der Waals surface area contributed by atoms with Crippen LogP contribution in [0.5, 0.6) is 11.6 Å². The van der Waals surface area contributed by atoms with Crippen LogP contribution in [0.4, 0.5) is 10.1 Å². The molecule has 0 radical (unpaired) electrons. The molecule has 0 bridgehead atoms. The fraction of sp³-hybridized carbons (Fsp3) is 0.585. The zero-order chi connectivity index (χ0) is 39.0. The van der Waals surface area contributed by atoms with Crippen LogP contribution in [-0.4, -0.2) is 81.0 Å². The maximum atomic E-state index is 16.5. The van der Waals surface area contributed by atoms with Gasteiger partial charge < -0.3 is 28.4 Å². The molecule has 290 valence electrons. The van der Waals surface area contributed by atoms with Gasteiger partial charge in [-0.3, -0.25) is 14.5 Å². The first-order valence-corrected chi connectivity index (χ1v) is 21.9. The van der Waals surface area contributed by atoms with Crippen LogP contribution in [0, 0.1) is 17.7 Å². The molecule has 12 heteroatoms. The van der Waals surface area contributed by atoms with Crippen molar-refractivity contribution in [2.24, 2.45) is 11.8 Å². The number of nitrogens with zero attached hydrogens (tertiary/aromatic N) is 3.